The van der Waals surface area contributed by atoms with Crippen LogP contribution in [0.5, 0.6) is 0 Å². The van der Waals surface area contributed by atoms with E-state index in [2.05, 4.69) is 0 Å². The van der Waals surface area contributed by atoms with Crippen molar-refractivity contribution in [3.05, 3.63) is 77.6 Å². The van der Waals surface area contributed by atoms with E-state index in [1.807, 2.05) is 0 Å². The largest absolute Gasteiger partial charge is 0.286 e. The molecule has 0 aliphatic heterocycles. The van der Waals surface area contributed by atoms with Crippen LogP contribution in [0.25, 0.3) is 5.83 Å². The molecular formula is C15H10F2O. The van der Waals surface area contributed by atoms with Gasteiger partial charge in [-0.1, -0.05) is 60.7 Å². The highest BCUT2D eigenvalue weighted by atomic mass is 19.2. The van der Waals surface area contributed by atoms with E-state index in [0.29, 0.717) is 0 Å². The van der Waals surface area contributed by atoms with Gasteiger partial charge in [0.25, 0.3) is 0 Å². The number of ketones is 1. The van der Waals surface area contributed by atoms with Crippen LogP contribution in [0.15, 0.2) is 66.5 Å². The number of Topliss-reactive ketones (excluding diaryl/α,β-unsaturated/α-hetero) is 1. The minimum Gasteiger partial charge on any atom is -0.286 e. The fourth-order valence-electron chi connectivity index (χ4n) is 1.53. The van der Waals surface area contributed by atoms with Crippen molar-refractivity contribution in [3.8, 4) is 0 Å². The first-order valence-corrected chi connectivity index (χ1v) is 5.40. The number of carbonyl (C=O) groups excluding carboxylic acids is 1. The van der Waals surface area contributed by atoms with Gasteiger partial charge < -0.3 is 0 Å². The van der Waals surface area contributed by atoms with Crippen molar-refractivity contribution in [3.63, 3.8) is 0 Å². The molecular weight excluding hydrogens is 234 g/mol. The van der Waals surface area contributed by atoms with E-state index in [4.69, 9.17) is 0 Å². The fraction of sp³-hybridized carbons (Fsp3) is 0. The second-order valence-corrected chi connectivity index (χ2v) is 3.69. The van der Waals surface area contributed by atoms with Gasteiger partial charge in [-0.3, -0.25) is 4.79 Å². The number of benzene rings is 2. The van der Waals surface area contributed by atoms with Crippen LogP contribution in [0.1, 0.15) is 15.9 Å². The molecule has 0 heterocycles. The van der Waals surface area contributed by atoms with Crippen LogP contribution in [0.2, 0.25) is 0 Å². The lowest BCUT2D eigenvalue weighted by atomic mass is 10.1. The first-order valence-electron chi connectivity index (χ1n) is 5.40. The maximum absolute atomic E-state index is 13.7. The molecule has 0 aliphatic rings. The van der Waals surface area contributed by atoms with Gasteiger partial charge in [0.15, 0.2) is 5.83 Å². The van der Waals surface area contributed by atoms with Gasteiger partial charge in [0.2, 0.25) is 11.6 Å². The highest BCUT2D eigenvalue weighted by molar-refractivity contribution is 6.10. The second-order valence-electron chi connectivity index (χ2n) is 3.69. The van der Waals surface area contributed by atoms with E-state index in [1.54, 1.807) is 36.4 Å². The van der Waals surface area contributed by atoms with Gasteiger partial charge in [-0.2, -0.15) is 4.39 Å². The van der Waals surface area contributed by atoms with Crippen LogP contribution < -0.4 is 0 Å². The molecule has 0 saturated carbocycles. The molecule has 0 fully saturated rings. The first-order chi connectivity index (χ1) is 8.70. The summed E-state index contributed by atoms with van der Waals surface area (Å²) in [6, 6.07) is 15.5. The lowest BCUT2D eigenvalue weighted by Crippen LogP contribution is -2.01. The Bertz CT molecular complexity index is 574. The summed E-state index contributed by atoms with van der Waals surface area (Å²) in [5.41, 5.74) is 0.181. The van der Waals surface area contributed by atoms with Gasteiger partial charge in [-0.05, 0) is 0 Å². The minimum atomic E-state index is -1.37. The van der Waals surface area contributed by atoms with Crippen molar-refractivity contribution in [1.29, 1.82) is 0 Å². The Kier molecular flexibility index (Phi) is 3.63. The predicted molar refractivity (Wildman–Crippen MR) is 66.4 cm³/mol. The van der Waals surface area contributed by atoms with Crippen molar-refractivity contribution in [2.45, 2.75) is 0 Å². The molecule has 0 atom stereocenters. The zero-order chi connectivity index (χ0) is 13.0. The molecule has 0 N–H and O–H groups in total. The van der Waals surface area contributed by atoms with Gasteiger partial charge in [-0.25, -0.2) is 4.39 Å². The molecule has 2 aromatic carbocycles. The maximum atomic E-state index is 13.7. The summed E-state index contributed by atoms with van der Waals surface area (Å²) < 4.78 is 27.5. The molecule has 1 nitrogen and oxygen atoms in total. The SMILES string of the molecule is O=C(/C(F)=C(/F)c1ccccc1)c1ccccc1. The molecule has 0 saturated heterocycles. The van der Waals surface area contributed by atoms with Crippen molar-refractivity contribution in [1.82, 2.24) is 0 Å². The van der Waals surface area contributed by atoms with Gasteiger partial charge in [-0.15, -0.1) is 0 Å². The molecule has 2 aromatic rings. The molecule has 18 heavy (non-hydrogen) atoms. The Hall–Kier alpha value is -2.29. The van der Waals surface area contributed by atoms with E-state index in [9.17, 15) is 13.6 Å². The number of hydrogen-bond acceptors (Lipinski definition) is 1. The van der Waals surface area contributed by atoms with E-state index >= 15 is 0 Å². The van der Waals surface area contributed by atoms with E-state index < -0.39 is 17.4 Å². The molecule has 0 unspecified atom stereocenters. The Morgan fingerprint density at radius 3 is 1.67 bits per heavy atom. The highest BCUT2D eigenvalue weighted by Crippen LogP contribution is 2.23. The zero-order valence-corrected chi connectivity index (χ0v) is 9.44. The number of hydrogen-bond donors (Lipinski definition) is 0. The number of allylic oxidation sites excluding steroid dienone is 1. The quantitative estimate of drug-likeness (QED) is 0.584. The summed E-state index contributed by atoms with van der Waals surface area (Å²) >= 11 is 0. The first kappa shape index (κ1) is 12.2. The summed E-state index contributed by atoms with van der Waals surface area (Å²) in [6.07, 6.45) is 0. The van der Waals surface area contributed by atoms with Gasteiger partial charge in [0, 0.05) is 11.1 Å². The minimum absolute atomic E-state index is 0.0549. The Balaban J connectivity index is 2.37. The molecule has 90 valence electrons. The third kappa shape index (κ3) is 2.51. The topological polar surface area (TPSA) is 17.1 Å². The van der Waals surface area contributed by atoms with E-state index in [-0.39, 0.29) is 11.1 Å². The molecule has 0 bridgehead atoms. The van der Waals surface area contributed by atoms with Gasteiger partial charge >= 0.3 is 0 Å². The smallest absolute Gasteiger partial charge is 0.224 e. The predicted octanol–water partition coefficient (Wildman–Crippen LogP) is 4.18. The third-order valence-electron chi connectivity index (χ3n) is 2.46. The van der Waals surface area contributed by atoms with Crippen molar-refractivity contribution in [2.75, 3.05) is 0 Å². The second kappa shape index (κ2) is 5.36. The average molecular weight is 244 g/mol. The van der Waals surface area contributed by atoms with Crippen molar-refractivity contribution < 1.29 is 13.6 Å². The molecule has 0 amide bonds. The summed E-state index contributed by atoms with van der Waals surface area (Å²) in [6.45, 7) is 0. The van der Waals surface area contributed by atoms with Crippen LogP contribution in [-0.4, -0.2) is 5.78 Å². The van der Waals surface area contributed by atoms with Crippen LogP contribution >= 0.6 is 0 Å². The Morgan fingerprint density at radius 2 is 1.17 bits per heavy atom. The van der Waals surface area contributed by atoms with Crippen molar-refractivity contribution >= 4 is 11.6 Å². The van der Waals surface area contributed by atoms with Gasteiger partial charge in [0.05, 0.1) is 0 Å². The summed E-state index contributed by atoms with van der Waals surface area (Å²) in [5.74, 6) is -3.45. The summed E-state index contributed by atoms with van der Waals surface area (Å²) in [7, 11) is 0. The molecule has 0 radical (unpaired) electrons. The maximum Gasteiger partial charge on any atom is 0.224 e. The van der Waals surface area contributed by atoms with Gasteiger partial charge in [0.1, 0.15) is 0 Å². The van der Waals surface area contributed by atoms with Crippen LogP contribution in [-0.2, 0) is 0 Å². The van der Waals surface area contributed by atoms with Crippen LogP contribution in [0, 0.1) is 0 Å². The van der Waals surface area contributed by atoms with Crippen LogP contribution in [0.3, 0.4) is 0 Å². The number of halogens is 2. The summed E-state index contributed by atoms with van der Waals surface area (Å²) in [4.78, 5) is 11.7. The van der Waals surface area contributed by atoms with E-state index in [0.717, 1.165) is 0 Å². The Morgan fingerprint density at radius 1 is 0.722 bits per heavy atom. The number of rotatable bonds is 3. The monoisotopic (exact) mass is 244 g/mol. The average Bonchev–Trinajstić information content (AvgIpc) is 2.47. The standard InChI is InChI=1S/C15H10F2O/c16-13(11-7-3-1-4-8-11)14(17)15(18)12-9-5-2-6-10-12/h1-10H/b14-13-. The lowest BCUT2D eigenvalue weighted by Gasteiger charge is -2.01. The molecule has 3 heteroatoms. The number of carbonyl (C=O) groups is 1. The highest BCUT2D eigenvalue weighted by Gasteiger charge is 2.18. The fourth-order valence-corrected chi connectivity index (χ4v) is 1.53. The van der Waals surface area contributed by atoms with Crippen molar-refractivity contribution in [2.24, 2.45) is 0 Å². The molecule has 2 rings (SSSR count). The lowest BCUT2D eigenvalue weighted by molar-refractivity contribution is 0.100. The van der Waals surface area contributed by atoms with E-state index in [1.165, 1.54) is 24.3 Å². The molecule has 0 spiro atoms. The normalized spacial score (nSPS) is 11.9. The summed E-state index contributed by atoms with van der Waals surface area (Å²) in [5, 5.41) is 0. The third-order valence-corrected chi connectivity index (χ3v) is 2.46. The zero-order valence-electron chi connectivity index (χ0n) is 9.44. The Labute approximate surface area is 103 Å². The molecule has 0 aliphatic carbocycles. The van der Waals surface area contributed by atoms with Crippen LogP contribution in [0.4, 0.5) is 8.78 Å². The molecule has 0 aromatic heterocycles.